The minimum Gasteiger partial charge on any atom is -0.409 e. The van der Waals surface area contributed by atoms with Gasteiger partial charge in [0.15, 0.2) is 5.84 Å². The Morgan fingerprint density at radius 2 is 2.06 bits per heavy atom. The van der Waals surface area contributed by atoms with Gasteiger partial charge in [0.1, 0.15) is 0 Å². The van der Waals surface area contributed by atoms with Crippen LogP contribution in [0.4, 0.5) is 13.2 Å². The Morgan fingerprint density at radius 1 is 1.47 bits per heavy atom. The summed E-state index contributed by atoms with van der Waals surface area (Å²) in [6.07, 6.45) is -5.56. The summed E-state index contributed by atoms with van der Waals surface area (Å²) in [6.45, 7) is 1.88. The highest BCUT2D eigenvalue weighted by atomic mass is 19.4. The molecule has 1 amide bonds. The molecule has 0 aromatic heterocycles. The molecule has 0 saturated carbocycles. The predicted octanol–water partition coefficient (Wildman–Crippen LogP) is 1.31. The van der Waals surface area contributed by atoms with E-state index in [9.17, 15) is 18.0 Å². The molecule has 0 aromatic rings. The third-order valence-corrected chi connectivity index (χ3v) is 1.95. The van der Waals surface area contributed by atoms with Crippen molar-refractivity contribution in [2.45, 2.75) is 32.4 Å². The van der Waals surface area contributed by atoms with Crippen molar-refractivity contribution in [1.82, 2.24) is 4.90 Å². The summed E-state index contributed by atoms with van der Waals surface area (Å²) in [5, 5.41) is 11.0. The average Bonchev–Trinajstić information content (AvgIpc) is 2.24. The number of alkyl halides is 3. The number of hydrogen-bond acceptors (Lipinski definition) is 3. The fourth-order valence-corrected chi connectivity index (χ4v) is 1.20. The Kier molecular flexibility index (Phi) is 6.37. The van der Waals surface area contributed by atoms with Crippen LogP contribution in [0.25, 0.3) is 0 Å². The second-order valence-corrected chi connectivity index (χ2v) is 3.52. The number of hydrogen-bond donors (Lipinski definition) is 2. The summed E-state index contributed by atoms with van der Waals surface area (Å²) < 4.78 is 35.8. The highest BCUT2D eigenvalue weighted by molar-refractivity contribution is 5.86. The lowest BCUT2D eigenvalue weighted by Gasteiger charge is -2.21. The number of amides is 1. The van der Waals surface area contributed by atoms with E-state index in [1.54, 1.807) is 6.92 Å². The van der Waals surface area contributed by atoms with Crippen LogP contribution in [-0.4, -0.2) is 41.1 Å². The zero-order valence-corrected chi connectivity index (χ0v) is 9.50. The van der Waals surface area contributed by atoms with Gasteiger partial charge in [-0.1, -0.05) is 12.1 Å². The van der Waals surface area contributed by atoms with E-state index < -0.39 is 24.9 Å². The van der Waals surface area contributed by atoms with Crippen molar-refractivity contribution in [2.24, 2.45) is 10.9 Å². The monoisotopic (exact) mass is 255 g/mol. The molecule has 17 heavy (non-hydrogen) atoms. The number of nitrogens with two attached hydrogens (primary N) is 1. The van der Waals surface area contributed by atoms with Crippen LogP contribution in [0.5, 0.6) is 0 Å². The molecule has 0 atom stereocenters. The summed E-state index contributed by atoms with van der Waals surface area (Å²) in [5.74, 6) is -0.866. The van der Waals surface area contributed by atoms with Crippen LogP contribution in [-0.2, 0) is 4.79 Å². The van der Waals surface area contributed by atoms with E-state index in [0.717, 1.165) is 4.90 Å². The first-order chi connectivity index (χ1) is 7.80. The van der Waals surface area contributed by atoms with E-state index in [0.29, 0.717) is 6.42 Å². The zero-order valence-electron chi connectivity index (χ0n) is 9.50. The smallest absolute Gasteiger partial charge is 0.389 e. The quantitative estimate of drug-likeness (QED) is 0.325. The molecule has 0 aliphatic rings. The van der Waals surface area contributed by atoms with Crippen LogP contribution < -0.4 is 5.73 Å². The van der Waals surface area contributed by atoms with Crippen molar-refractivity contribution >= 4 is 11.7 Å². The van der Waals surface area contributed by atoms with E-state index in [1.165, 1.54) is 0 Å². The first-order valence-corrected chi connectivity index (χ1v) is 5.11. The number of nitrogens with zero attached hydrogens (tertiary/aromatic N) is 2. The predicted molar refractivity (Wildman–Crippen MR) is 55.6 cm³/mol. The van der Waals surface area contributed by atoms with Gasteiger partial charge in [0, 0.05) is 13.0 Å². The SMILES string of the molecule is CCCN(CC(N)=NO)C(=O)CCC(F)(F)F. The molecule has 100 valence electrons. The van der Waals surface area contributed by atoms with E-state index in [-0.39, 0.29) is 18.9 Å². The summed E-state index contributed by atoms with van der Waals surface area (Å²) >= 11 is 0. The molecular weight excluding hydrogens is 239 g/mol. The van der Waals surface area contributed by atoms with Crippen molar-refractivity contribution in [3.63, 3.8) is 0 Å². The molecule has 0 radical (unpaired) electrons. The van der Waals surface area contributed by atoms with Gasteiger partial charge < -0.3 is 15.8 Å². The largest absolute Gasteiger partial charge is 0.409 e. The molecule has 0 saturated heterocycles. The molecule has 5 nitrogen and oxygen atoms in total. The highest BCUT2D eigenvalue weighted by Crippen LogP contribution is 2.21. The third kappa shape index (κ3) is 7.42. The summed E-state index contributed by atoms with van der Waals surface area (Å²) in [7, 11) is 0. The Hall–Kier alpha value is -1.47. The van der Waals surface area contributed by atoms with Crippen LogP contribution in [0.15, 0.2) is 5.16 Å². The average molecular weight is 255 g/mol. The third-order valence-electron chi connectivity index (χ3n) is 1.95. The van der Waals surface area contributed by atoms with E-state index in [2.05, 4.69) is 5.16 Å². The Labute approximate surface area is 97.1 Å². The van der Waals surface area contributed by atoms with Gasteiger partial charge in [-0.3, -0.25) is 4.79 Å². The number of oxime groups is 1. The lowest BCUT2D eigenvalue weighted by atomic mass is 10.2. The second kappa shape index (κ2) is 6.97. The highest BCUT2D eigenvalue weighted by Gasteiger charge is 2.29. The lowest BCUT2D eigenvalue weighted by Crippen LogP contribution is -2.39. The fraction of sp³-hybridized carbons (Fsp3) is 0.778. The Morgan fingerprint density at radius 3 is 2.47 bits per heavy atom. The lowest BCUT2D eigenvalue weighted by molar-refractivity contribution is -0.148. The van der Waals surface area contributed by atoms with E-state index in [1.807, 2.05) is 0 Å². The second-order valence-electron chi connectivity index (χ2n) is 3.52. The van der Waals surface area contributed by atoms with Crippen LogP contribution in [0.1, 0.15) is 26.2 Å². The Bertz CT molecular complexity index is 279. The van der Waals surface area contributed by atoms with Gasteiger partial charge in [0.2, 0.25) is 5.91 Å². The van der Waals surface area contributed by atoms with Crippen LogP contribution in [0.2, 0.25) is 0 Å². The normalized spacial score (nSPS) is 12.6. The summed E-state index contributed by atoms with van der Waals surface area (Å²) in [4.78, 5) is 12.6. The number of carbonyl (C=O) groups is 1. The first kappa shape index (κ1) is 15.5. The molecule has 0 rings (SSSR count). The van der Waals surface area contributed by atoms with Crippen molar-refractivity contribution in [1.29, 1.82) is 0 Å². The summed E-state index contributed by atoms with van der Waals surface area (Å²) in [6, 6.07) is 0. The van der Waals surface area contributed by atoms with Crippen LogP contribution in [0, 0.1) is 0 Å². The minimum atomic E-state index is -4.36. The molecule has 0 heterocycles. The molecule has 0 spiro atoms. The van der Waals surface area contributed by atoms with Gasteiger partial charge >= 0.3 is 6.18 Å². The Balaban J connectivity index is 4.34. The number of amidine groups is 1. The molecule has 8 heteroatoms. The zero-order chi connectivity index (χ0) is 13.5. The van der Waals surface area contributed by atoms with Gasteiger partial charge in [0.25, 0.3) is 0 Å². The van der Waals surface area contributed by atoms with Gasteiger partial charge in [-0.15, -0.1) is 0 Å². The topological polar surface area (TPSA) is 78.9 Å². The number of carbonyl (C=O) groups excluding carboxylic acids is 1. The maximum absolute atomic E-state index is 11.9. The molecule has 0 aliphatic carbocycles. The molecule has 0 bridgehead atoms. The van der Waals surface area contributed by atoms with Crippen molar-refractivity contribution in [3.8, 4) is 0 Å². The molecule has 0 unspecified atom stereocenters. The van der Waals surface area contributed by atoms with Crippen molar-refractivity contribution in [2.75, 3.05) is 13.1 Å². The van der Waals surface area contributed by atoms with E-state index >= 15 is 0 Å². The van der Waals surface area contributed by atoms with Crippen molar-refractivity contribution in [3.05, 3.63) is 0 Å². The van der Waals surface area contributed by atoms with Gasteiger partial charge in [0.05, 0.1) is 13.0 Å². The first-order valence-electron chi connectivity index (χ1n) is 5.11. The maximum atomic E-state index is 11.9. The molecule has 0 aromatic carbocycles. The molecule has 3 N–H and O–H groups in total. The van der Waals surface area contributed by atoms with Crippen LogP contribution in [0.3, 0.4) is 0 Å². The fourth-order valence-electron chi connectivity index (χ4n) is 1.20. The van der Waals surface area contributed by atoms with Gasteiger partial charge in [-0.2, -0.15) is 13.2 Å². The summed E-state index contributed by atoms with van der Waals surface area (Å²) in [5.41, 5.74) is 5.21. The van der Waals surface area contributed by atoms with Gasteiger partial charge in [-0.25, -0.2) is 0 Å². The number of halogens is 3. The molecule has 0 fully saturated rings. The minimum absolute atomic E-state index is 0.166. The molecular formula is C9H16F3N3O2. The maximum Gasteiger partial charge on any atom is 0.389 e. The standard InChI is InChI=1S/C9H16F3N3O2/c1-2-5-15(6-7(13)14-17)8(16)3-4-9(10,11)12/h17H,2-6H2,1H3,(H2,13,14). The van der Waals surface area contributed by atoms with E-state index in [4.69, 9.17) is 10.9 Å². The van der Waals surface area contributed by atoms with Crippen LogP contribution >= 0.6 is 0 Å². The number of rotatable bonds is 6. The molecule has 0 aliphatic heterocycles. The van der Waals surface area contributed by atoms with Gasteiger partial charge in [-0.05, 0) is 6.42 Å². The van der Waals surface area contributed by atoms with Crippen molar-refractivity contribution < 1.29 is 23.2 Å².